The summed E-state index contributed by atoms with van der Waals surface area (Å²) in [4.78, 5) is 33.0. The van der Waals surface area contributed by atoms with Gasteiger partial charge < -0.3 is 15.7 Å². The minimum absolute atomic E-state index is 0.0273. The molecule has 8 nitrogen and oxygen atoms in total. The van der Waals surface area contributed by atoms with Gasteiger partial charge in [0.2, 0.25) is 5.91 Å². The average molecular weight is 309 g/mol. The second-order valence-electron chi connectivity index (χ2n) is 4.71. The molecule has 8 heteroatoms. The lowest BCUT2D eigenvalue weighted by Crippen LogP contribution is -2.38. The summed E-state index contributed by atoms with van der Waals surface area (Å²) < 4.78 is 0. The number of para-hydroxylation sites is 2. The number of hydrogen-bond donors (Lipinski definition) is 3. The molecule has 0 saturated carbocycles. The molecule has 1 atom stereocenters. The van der Waals surface area contributed by atoms with Gasteiger partial charge in [0.1, 0.15) is 11.7 Å². The first kappa shape index (κ1) is 17.6. The zero-order chi connectivity index (χ0) is 16.5. The predicted molar refractivity (Wildman–Crippen MR) is 80.7 cm³/mol. The second kappa shape index (κ2) is 8.73. The number of carbonyl (C=O) groups is 2. The molecular formula is C14H19N3O5. The third kappa shape index (κ3) is 5.49. The van der Waals surface area contributed by atoms with Gasteiger partial charge in [0.05, 0.1) is 4.92 Å². The molecule has 1 amide bonds. The molecule has 1 aromatic rings. The number of carboxylic acid groups (broad SMARTS) is 1. The van der Waals surface area contributed by atoms with E-state index < -0.39 is 22.8 Å². The lowest BCUT2D eigenvalue weighted by atomic mass is 10.1. The number of anilines is 1. The summed E-state index contributed by atoms with van der Waals surface area (Å²) in [6.07, 6.45) is 1.22. The largest absolute Gasteiger partial charge is 0.480 e. The number of aliphatic carboxylic acids is 1. The Kier molecular flexibility index (Phi) is 6.97. The van der Waals surface area contributed by atoms with Gasteiger partial charge in [-0.05, 0) is 12.5 Å². The average Bonchev–Trinajstić information content (AvgIpc) is 2.46. The molecule has 0 aliphatic carbocycles. The first-order valence-corrected chi connectivity index (χ1v) is 6.95. The molecule has 0 aliphatic rings. The van der Waals surface area contributed by atoms with Gasteiger partial charge >= 0.3 is 5.97 Å². The molecule has 0 aromatic heterocycles. The smallest absolute Gasteiger partial charge is 0.320 e. The molecule has 1 unspecified atom stereocenters. The summed E-state index contributed by atoms with van der Waals surface area (Å²) in [6.45, 7) is 2.06. The highest BCUT2D eigenvalue weighted by Gasteiger charge is 2.17. The van der Waals surface area contributed by atoms with Gasteiger partial charge in [-0.2, -0.15) is 0 Å². The van der Waals surface area contributed by atoms with Crippen LogP contribution in [0.15, 0.2) is 24.3 Å². The highest BCUT2D eigenvalue weighted by molar-refractivity contribution is 5.93. The Morgan fingerprint density at radius 2 is 2.05 bits per heavy atom. The SMILES string of the molecule is CCCC(NCCC(=O)Nc1ccccc1[N+](=O)[O-])C(=O)O. The molecule has 3 N–H and O–H groups in total. The van der Waals surface area contributed by atoms with E-state index in [1.807, 2.05) is 6.92 Å². The fraction of sp³-hybridized carbons (Fsp3) is 0.429. The number of nitro benzene ring substituents is 1. The topological polar surface area (TPSA) is 122 Å². The van der Waals surface area contributed by atoms with Crippen molar-refractivity contribution < 1.29 is 19.6 Å². The first-order valence-electron chi connectivity index (χ1n) is 6.95. The highest BCUT2D eigenvalue weighted by Crippen LogP contribution is 2.23. The quantitative estimate of drug-likeness (QED) is 0.472. The van der Waals surface area contributed by atoms with Gasteiger partial charge in [-0.3, -0.25) is 19.7 Å². The van der Waals surface area contributed by atoms with Crippen LogP contribution >= 0.6 is 0 Å². The third-order valence-electron chi connectivity index (χ3n) is 2.99. The molecule has 0 heterocycles. The highest BCUT2D eigenvalue weighted by atomic mass is 16.6. The number of rotatable bonds is 9. The third-order valence-corrected chi connectivity index (χ3v) is 2.99. The van der Waals surface area contributed by atoms with Crippen molar-refractivity contribution in [2.45, 2.75) is 32.2 Å². The van der Waals surface area contributed by atoms with Gasteiger partial charge in [0.15, 0.2) is 0 Å². The lowest BCUT2D eigenvalue weighted by Gasteiger charge is -2.13. The van der Waals surface area contributed by atoms with Gasteiger partial charge in [-0.1, -0.05) is 25.5 Å². The maximum atomic E-state index is 11.8. The predicted octanol–water partition coefficient (Wildman–Crippen LogP) is 1.77. The monoisotopic (exact) mass is 309 g/mol. The maximum Gasteiger partial charge on any atom is 0.320 e. The fourth-order valence-electron chi connectivity index (χ4n) is 1.91. The number of amides is 1. The van der Waals surface area contributed by atoms with Crippen molar-refractivity contribution >= 4 is 23.3 Å². The number of nitro groups is 1. The summed E-state index contributed by atoms with van der Waals surface area (Å²) in [5.74, 6) is -1.37. The van der Waals surface area contributed by atoms with Crippen LogP contribution in [-0.2, 0) is 9.59 Å². The van der Waals surface area contributed by atoms with E-state index in [0.29, 0.717) is 12.8 Å². The molecule has 0 fully saturated rings. The Morgan fingerprint density at radius 1 is 1.36 bits per heavy atom. The van der Waals surface area contributed by atoms with Crippen LogP contribution in [0.5, 0.6) is 0 Å². The second-order valence-corrected chi connectivity index (χ2v) is 4.71. The maximum absolute atomic E-state index is 11.8. The molecule has 0 saturated heterocycles. The van der Waals surface area contributed by atoms with Crippen LogP contribution in [0.3, 0.4) is 0 Å². The Morgan fingerprint density at radius 3 is 2.64 bits per heavy atom. The number of hydrogen-bond acceptors (Lipinski definition) is 5. The Balaban J connectivity index is 2.50. The number of carbonyl (C=O) groups excluding carboxylic acids is 1. The van der Waals surface area contributed by atoms with Crippen LogP contribution in [-0.4, -0.2) is 34.5 Å². The summed E-state index contributed by atoms with van der Waals surface area (Å²) in [6, 6.07) is 5.15. The van der Waals surface area contributed by atoms with E-state index in [2.05, 4.69) is 10.6 Å². The number of carboxylic acids is 1. The summed E-state index contributed by atoms with van der Waals surface area (Å²) in [7, 11) is 0. The van der Waals surface area contributed by atoms with Gasteiger partial charge in [-0.15, -0.1) is 0 Å². The molecule has 1 aromatic carbocycles. The van der Waals surface area contributed by atoms with Gasteiger partial charge in [0, 0.05) is 19.0 Å². The van der Waals surface area contributed by atoms with E-state index in [1.54, 1.807) is 6.07 Å². The van der Waals surface area contributed by atoms with Gasteiger partial charge in [0.25, 0.3) is 5.69 Å². The van der Waals surface area contributed by atoms with Crippen molar-refractivity contribution in [3.8, 4) is 0 Å². The lowest BCUT2D eigenvalue weighted by molar-refractivity contribution is -0.383. The van der Waals surface area contributed by atoms with Crippen LogP contribution in [0.25, 0.3) is 0 Å². The summed E-state index contributed by atoms with van der Waals surface area (Å²) in [5.41, 5.74) is -0.0564. The molecule has 0 spiro atoms. The fourth-order valence-corrected chi connectivity index (χ4v) is 1.91. The molecule has 0 bridgehead atoms. The Hall–Kier alpha value is -2.48. The molecule has 0 radical (unpaired) electrons. The minimum Gasteiger partial charge on any atom is -0.480 e. The van der Waals surface area contributed by atoms with E-state index in [-0.39, 0.29) is 24.3 Å². The van der Waals surface area contributed by atoms with E-state index in [9.17, 15) is 19.7 Å². The van der Waals surface area contributed by atoms with Crippen molar-refractivity contribution in [1.82, 2.24) is 5.32 Å². The zero-order valence-corrected chi connectivity index (χ0v) is 12.2. The van der Waals surface area contributed by atoms with Crippen LogP contribution < -0.4 is 10.6 Å². The van der Waals surface area contributed by atoms with Crippen LogP contribution in [0.4, 0.5) is 11.4 Å². The molecule has 1 rings (SSSR count). The van der Waals surface area contributed by atoms with Crippen LogP contribution in [0.1, 0.15) is 26.2 Å². The molecule has 0 aliphatic heterocycles. The molecular weight excluding hydrogens is 290 g/mol. The number of nitrogens with zero attached hydrogens (tertiary/aromatic N) is 1. The number of benzene rings is 1. The van der Waals surface area contributed by atoms with E-state index in [0.717, 1.165) is 0 Å². The molecule has 22 heavy (non-hydrogen) atoms. The van der Waals surface area contributed by atoms with Crippen LogP contribution in [0, 0.1) is 10.1 Å². The summed E-state index contributed by atoms with van der Waals surface area (Å²) in [5, 5.41) is 25.0. The normalized spacial score (nSPS) is 11.7. The standard InChI is InChI=1S/C14H19N3O5/c1-2-5-11(14(19)20)15-9-8-13(18)16-10-6-3-4-7-12(10)17(21)22/h3-4,6-7,11,15H,2,5,8-9H2,1H3,(H,16,18)(H,19,20). The van der Waals surface area contributed by atoms with Gasteiger partial charge in [-0.25, -0.2) is 0 Å². The van der Waals surface area contributed by atoms with E-state index >= 15 is 0 Å². The summed E-state index contributed by atoms with van der Waals surface area (Å²) >= 11 is 0. The van der Waals surface area contributed by atoms with Crippen LogP contribution in [0.2, 0.25) is 0 Å². The minimum atomic E-state index is -0.957. The van der Waals surface area contributed by atoms with Crippen molar-refractivity contribution in [3.63, 3.8) is 0 Å². The van der Waals surface area contributed by atoms with Crippen molar-refractivity contribution in [3.05, 3.63) is 34.4 Å². The van der Waals surface area contributed by atoms with Crippen molar-refractivity contribution in [1.29, 1.82) is 0 Å². The Labute approximate surface area is 127 Å². The number of nitrogens with one attached hydrogen (secondary N) is 2. The molecule has 120 valence electrons. The van der Waals surface area contributed by atoms with E-state index in [4.69, 9.17) is 5.11 Å². The van der Waals surface area contributed by atoms with E-state index in [1.165, 1.54) is 18.2 Å². The Bertz CT molecular complexity index is 547. The van der Waals surface area contributed by atoms with Crippen molar-refractivity contribution in [2.24, 2.45) is 0 Å². The zero-order valence-electron chi connectivity index (χ0n) is 12.2. The van der Waals surface area contributed by atoms with Crippen molar-refractivity contribution in [2.75, 3.05) is 11.9 Å². The first-order chi connectivity index (χ1) is 10.5.